The zero-order valence-corrected chi connectivity index (χ0v) is 13.2. The lowest BCUT2D eigenvalue weighted by molar-refractivity contribution is 0.452. The van der Waals surface area contributed by atoms with Gasteiger partial charge < -0.3 is 10.1 Å². The average molecular weight is 285 g/mol. The van der Waals surface area contributed by atoms with Crippen LogP contribution >= 0.6 is 0 Å². The van der Waals surface area contributed by atoms with E-state index >= 15 is 0 Å². The molecule has 1 heterocycles. The number of aromatic nitrogens is 2. The summed E-state index contributed by atoms with van der Waals surface area (Å²) in [4.78, 5) is 8.64. The third-order valence-electron chi connectivity index (χ3n) is 3.35. The number of ether oxygens (including phenoxy) is 1. The van der Waals surface area contributed by atoms with Crippen molar-refractivity contribution in [3.63, 3.8) is 0 Å². The Bertz CT molecular complexity index is 611. The van der Waals surface area contributed by atoms with Gasteiger partial charge in [0, 0.05) is 6.54 Å². The van der Waals surface area contributed by atoms with Crippen molar-refractivity contribution < 1.29 is 4.74 Å². The molecule has 1 aromatic carbocycles. The van der Waals surface area contributed by atoms with Gasteiger partial charge in [-0.3, -0.25) is 0 Å². The molecule has 0 saturated heterocycles. The largest absolute Gasteiger partial charge is 0.438 e. The van der Waals surface area contributed by atoms with Gasteiger partial charge in [0.25, 0.3) is 0 Å². The molecule has 2 rings (SSSR count). The van der Waals surface area contributed by atoms with Crippen LogP contribution in [-0.2, 0) is 6.42 Å². The Morgan fingerprint density at radius 1 is 1.14 bits per heavy atom. The van der Waals surface area contributed by atoms with Crippen molar-refractivity contribution in [3.05, 3.63) is 41.2 Å². The third-order valence-corrected chi connectivity index (χ3v) is 3.35. The van der Waals surface area contributed by atoms with Crippen LogP contribution in [0.5, 0.6) is 11.6 Å². The van der Waals surface area contributed by atoms with Crippen LogP contribution in [-0.4, -0.2) is 16.5 Å². The maximum Gasteiger partial charge on any atom is 0.227 e. The molecule has 4 heteroatoms. The molecule has 0 fully saturated rings. The predicted molar refractivity (Wildman–Crippen MR) is 86.2 cm³/mol. The number of nitrogens with zero attached hydrogens (tertiary/aromatic N) is 2. The number of benzene rings is 1. The van der Waals surface area contributed by atoms with Crippen LogP contribution in [0.1, 0.15) is 37.0 Å². The van der Waals surface area contributed by atoms with E-state index in [-0.39, 0.29) is 0 Å². The fourth-order valence-corrected chi connectivity index (χ4v) is 2.12. The molecule has 0 amide bonds. The fraction of sp³-hybridized carbons (Fsp3) is 0.412. The Morgan fingerprint density at radius 2 is 1.95 bits per heavy atom. The Balaban J connectivity index is 2.33. The van der Waals surface area contributed by atoms with Crippen LogP contribution in [0.3, 0.4) is 0 Å². The molecule has 1 N–H and O–H groups in total. The molecule has 0 aliphatic heterocycles. The fourth-order valence-electron chi connectivity index (χ4n) is 2.12. The molecule has 21 heavy (non-hydrogen) atoms. The van der Waals surface area contributed by atoms with Crippen molar-refractivity contribution >= 4 is 5.82 Å². The summed E-state index contributed by atoms with van der Waals surface area (Å²) in [6, 6.07) is 6.18. The summed E-state index contributed by atoms with van der Waals surface area (Å²) in [5.74, 6) is 2.36. The molecule has 0 spiro atoms. The second-order valence-corrected chi connectivity index (χ2v) is 5.16. The van der Waals surface area contributed by atoms with Gasteiger partial charge in [0.15, 0.2) is 0 Å². The van der Waals surface area contributed by atoms with E-state index in [2.05, 4.69) is 48.2 Å². The number of hydrogen-bond acceptors (Lipinski definition) is 4. The lowest BCUT2D eigenvalue weighted by Gasteiger charge is -2.14. The predicted octanol–water partition coefficient (Wildman–Crippen LogP) is 4.27. The number of aryl methyl sites for hydroxylation is 2. The highest BCUT2D eigenvalue weighted by atomic mass is 16.5. The van der Waals surface area contributed by atoms with E-state index in [1.807, 2.05) is 13.0 Å². The lowest BCUT2D eigenvalue weighted by atomic mass is 10.1. The summed E-state index contributed by atoms with van der Waals surface area (Å²) in [7, 11) is 0. The quantitative estimate of drug-likeness (QED) is 0.861. The monoisotopic (exact) mass is 285 g/mol. The van der Waals surface area contributed by atoms with Crippen molar-refractivity contribution in [2.24, 2.45) is 0 Å². The molecule has 0 radical (unpaired) electrons. The molecule has 0 aliphatic carbocycles. The first kappa shape index (κ1) is 15.3. The Hall–Kier alpha value is -2.10. The highest BCUT2D eigenvalue weighted by Gasteiger charge is 2.12. The summed E-state index contributed by atoms with van der Waals surface area (Å²) in [6.07, 6.45) is 3.44. The minimum absolute atomic E-state index is 0.639. The molecule has 1 aromatic heterocycles. The molecule has 4 nitrogen and oxygen atoms in total. The molecule has 0 saturated carbocycles. The molecule has 2 aromatic rings. The van der Waals surface area contributed by atoms with E-state index in [1.54, 1.807) is 6.33 Å². The number of rotatable bonds is 6. The minimum Gasteiger partial charge on any atom is -0.438 e. The summed E-state index contributed by atoms with van der Waals surface area (Å²) >= 11 is 0. The minimum atomic E-state index is 0.639. The van der Waals surface area contributed by atoms with Gasteiger partial charge in [-0.2, -0.15) is 0 Å². The van der Waals surface area contributed by atoms with E-state index in [0.29, 0.717) is 5.88 Å². The van der Waals surface area contributed by atoms with E-state index in [1.165, 1.54) is 5.56 Å². The van der Waals surface area contributed by atoms with Gasteiger partial charge in [-0.1, -0.05) is 26.0 Å². The maximum absolute atomic E-state index is 6.04. The van der Waals surface area contributed by atoms with Gasteiger partial charge in [0.1, 0.15) is 17.9 Å². The van der Waals surface area contributed by atoms with Crippen molar-refractivity contribution in [3.8, 4) is 11.6 Å². The van der Waals surface area contributed by atoms with Crippen molar-refractivity contribution in [2.75, 3.05) is 11.9 Å². The maximum atomic E-state index is 6.04. The van der Waals surface area contributed by atoms with Gasteiger partial charge in [0.2, 0.25) is 5.88 Å². The van der Waals surface area contributed by atoms with Gasteiger partial charge in [-0.15, -0.1) is 0 Å². The van der Waals surface area contributed by atoms with Crippen LogP contribution < -0.4 is 10.1 Å². The van der Waals surface area contributed by atoms with E-state index < -0.39 is 0 Å². The molecule has 0 unspecified atom stereocenters. The molecule has 0 bridgehead atoms. The zero-order valence-electron chi connectivity index (χ0n) is 13.2. The molecule has 0 atom stereocenters. The van der Waals surface area contributed by atoms with E-state index in [4.69, 9.17) is 4.74 Å². The standard InChI is InChI=1S/C17H23N3O/c1-5-9-18-16-14(6-2)17(20-11-19-16)21-15-10-12(3)7-8-13(15)4/h7-8,10-11H,5-6,9H2,1-4H3,(H,18,19,20). The smallest absolute Gasteiger partial charge is 0.227 e. The second kappa shape index (κ2) is 7.07. The van der Waals surface area contributed by atoms with E-state index in [9.17, 15) is 0 Å². The van der Waals surface area contributed by atoms with Gasteiger partial charge >= 0.3 is 0 Å². The van der Waals surface area contributed by atoms with Gasteiger partial charge in [-0.05, 0) is 43.9 Å². The third kappa shape index (κ3) is 3.72. The first-order chi connectivity index (χ1) is 10.2. The SMILES string of the molecule is CCCNc1ncnc(Oc2cc(C)ccc2C)c1CC. The summed E-state index contributed by atoms with van der Waals surface area (Å²) in [5, 5.41) is 3.33. The zero-order chi connectivity index (χ0) is 15.2. The normalized spacial score (nSPS) is 10.5. The number of hydrogen-bond donors (Lipinski definition) is 1. The van der Waals surface area contributed by atoms with Crippen LogP contribution in [0.4, 0.5) is 5.82 Å². The first-order valence-electron chi connectivity index (χ1n) is 7.48. The van der Waals surface area contributed by atoms with Gasteiger partial charge in [-0.25, -0.2) is 9.97 Å². The van der Waals surface area contributed by atoms with Crippen molar-refractivity contribution in [1.82, 2.24) is 9.97 Å². The van der Waals surface area contributed by atoms with E-state index in [0.717, 1.165) is 42.1 Å². The topological polar surface area (TPSA) is 47.0 Å². The lowest BCUT2D eigenvalue weighted by Crippen LogP contribution is -2.07. The van der Waals surface area contributed by atoms with Crippen LogP contribution in [0.15, 0.2) is 24.5 Å². The Kier molecular flexibility index (Phi) is 5.14. The second-order valence-electron chi connectivity index (χ2n) is 5.16. The van der Waals surface area contributed by atoms with Crippen LogP contribution in [0, 0.1) is 13.8 Å². The highest BCUT2D eigenvalue weighted by molar-refractivity contribution is 5.50. The van der Waals surface area contributed by atoms with Crippen LogP contribution in [0.2, 0.25) is 0 Å². The summed E-state index contributed by atoms with van der Waals surface area (Å²) in [6.45, 7) is 9.21. The first-order valence-corrected chi connectivity index (χ1v) is 7.48. The number of anilines is 1. The van der Waals surface area contributed by atoms with Crippen LogP contribution in [0.25, 0.3) is 0 Å². The molecular formula is C17H23N3O. The van der Waals surface area contributed by atoms with Crippen molar-refractivity contribution in [2.45, 2.75) is 40.5 Å². The highest BCUT2D eigenvalue weighted by Crippen LogP contribution is 2.29. The Morgan fingerprint density at radius 3 is 2.67 bits per heavy atom. The van der Waals surface area contributed by atoms with Gasteiger partial charge in [0.05, 0.1) is 5.56 Å². The summed E-state index contributed by atoms with van der Waals surface area (Å²) < 4.78 is 6.04. The molecule has 0 aliphatic rings. The van der Waals surface area contributed by atoms with Crippen molar-refractivity contribution in [1.29, 1.82) is 0 Å². The average Bonchev–Trinajstić information content (AvgIpc) is 2.49. The number of nitrogens with one attached hydrogen (secondary N) is 1. The Labute approximate surface area is 126 Å². The summed E-state index contributed by atoms with van der Waals surface area (Å²) in [5.41, 5.74) is 3.29. The molecular weight excluding hydrogens is 262 g/mol. The molecule has 112 valence electrons.